The maximum absolute atomic E-state index is 12.8. The minimum atomic E-state index is -5.57. The van der Waals surface area contributed by atoms with Crippen molar-refractivity contribution < 1.29 is 36.0 Å². The van der Waals surface area contributed by atoms with Gasteiger partial charge >= 0.3 is 21.3 Å². The molecular formula is C10H17F2NO6S. The normalized spacial score (nSPS) is 17.9. The molecule has 1 fully saturated rings. The highest BCUT2D eigenvalue weighted by atomic mass is 32.2. The summed E-state index contributed by atoms with van der Waals surface area (Å²) in [6.07, 6.45) is 0.315. The number of alkyl halides is 2. The molecule has 7 nitrogen and oxygen atoms in total. The van der Waals surface area contributed by atoms with Crippen molar-refractivity contribution in [2.24, 2.45) is 0 Å². The summed E-state index contributed by atoms with van der Waals surface area (Å²) in [5, 5.41) is -4.48. The van der Waals surface area contributed by atoms with Crippen LogP contribution in [-0.4, -0.2) is 68.5 Å². The van der Waals surface area contributed by atoms with E-state index < -0.39 is 27.9 Å². The summed E-state index contributed by atoms with van der Waals surface area (Å²) in [6, 6.07) is 0. The Hall–Kier alpha value is -0.840. The van der Waals surface area contributed by atoms with Crippen molar-refractivity contribution in [2.75, 3.05) is 39.5 Å². The second-order valence-corrected chi connectivity index (χ2v) is 5.88. The first-order chi connectivity index (χ1) is 9.22. The summed E-state index contributed by atoms with van der Waals surface area (Å²) in [5.74, 6) is -0.929. The van der Waals surface area contributed by atoms with Gasteiger partial charge in [-0.05, 0) is 13.0 Å². The SMILES string of the molecule is O=C(CCCN1CCOCC1)OCC(F)(F)S(=O)(=O)O. The number of esters is 1. The number of halogens is 2. The number of hydrogen-bond acceptors (Lipinski definition) is 6. The summed E-state index contributed by atoms with van der Waals surface area (Å²) in [5.41, 5.74) is 0. The molecule has 0 amide bonds. The molecule has 0 aromatic rings. The van der Waals surface area contributed by atoms with Gasteiger partial charge in [0.15, 0.2) is 6.61 Å². The summed E-state index contributed by atoms with van der Waals surface area (Å²) < 4.78 is 63.6. The third kappa shape index (κ3) is 5.65. The third-order valence-corrected chi connectivity index (χ3v) is 3.61. The molecule has 1 aliphatic heterocycles. The fourth-order valence-corrected chi connectivity index (χ4v) is 1.79. The molecule has 118 valence electrons. The molecule has 1 saturated heterocycles. The van der Waals surface area contributed by atoms with Crippen LogP contribution in [0.25, 0.3) is 0 Å². The molecular weight excluding hydrogens is 300 g/mol. The van der Waals surface area contributed by atoms with Crippen LogP contribution in [0.3, 0.4) is 0 Å². The van der Waals surface area contributed by atoms with E-state index in [0.29, 0.717) is 26.2 Å². The van der Waals surface area contributed by atoms with Crippen LogP contribution in [0.15, 0.2) is 0 Å². The number of carbonyl (C=O) groups excluding carboxylic acids is 1. The first kappa shape index (κ1) is 17.2. The van der Waals surface area contributed by atoms with Gasteiger partial charge in [-0.15, -0.1) is 0 Å². The predicted octanol–water partition coefficient (Wildman–Crippen LogP) is 0.123. The Bertz CT molecular complexity index is 421. The fraction of sp³-hybridized carbons (Fsp3) is 0.900. The van der Waals surface area contributed by atoms with E-state index in [9.17, 15) is 22.0 Å². The average Bonchev–Trinajstić information content (AvgIpc) is 2.36. The molecule has 0 aliphatic carbocycles. The molecule has 0 saturated carbocycles. The maximum Gasteiger partial charge on any atom is 0.402 e. The summed E-state index contributed by atoms with van der Waals surface area (Å²) >= 11 is 0. The molecule has 1 N–H and O–H groups in total. The van der Waals surface area contributed by atoms with Gasteiger partial charge in [0, 0.05) is 19.5 Å². The Balaban J connectivity index is 2.20. The van der Waals surface area contributed by atoms with E-state index in [1.165, 1.54) is 0 Å². The van der Waals surface area contributed by atoms with E-state index in [1.807, 2.05) is 0 Å². The molecule has 10 heteroatoms. The number of morpholine rings is 1. The Kier molecular flexibility index (Phi) is 6.24. The van der Waals surface area contributed by atoms with Crippen LogP contribution in [0.2, 0.25) is 0 Å². The zero-order chi connectivity index (χ0) is 15.2. The van der Waals surface area contributed by atoms with Gasteiger partial charge in [-0.25, -0.2) is 0 Å². The van der Waals surface area contributed by atoms with E-state index in [0.717, 1.165) is 13.1 Å². The Morgan fingerprint density at radius 1 is 1.35 bits per heavy atom. The highest BCUT2D eigenvalue weighted by Crippen LogP contribution is 2.20. The van der Waals surface area contributed by atoms with Crippen LogP contribution in [0.1, 0.15) is 12.8 Å². The van der Waals surface area contributed by atoms with E-state index in [-0.39, 0.29) is 6.42 Å². The van der Waals surface area contributed by atoms with E-state index in [4.69, 9.17) is 9.29 Å². The first-order valence-electron chi connectivity index (χ1n) is 6.03. The Morgan fingerprint density at radius 2 is 1.95 bits per heavy atom. The van der Waals surface area contributed by atoms with Crippen molar-refractivity contribution in [1.82, 2.24) is 4.90 Å². The zero-order valence-electron chi connectivity index (χ0n) is 10.8. The number of carbonyl (C=O) groups is 1. The lowest BCUT2D eigenvalue weighted by atomic mass is 10.3. The van der Waals surface area contributed by atoms with E-state index in [1.54, 1.807) is 0 Å². The molecule has 0 radical (unpaired) electrons. The van der Waals surface area contributed by atoms with Crippen molar-refractivity contribution in [3.8, 4) is 0 Å². The Labute approximate surface area is 115 Å². The summed E-state index contributed by atoms with van der Waals surface area (Å²) in [4.78, 5) is 13.2. The lowest BCUT2D eigenvalue weighted by molar-refractivity contribution is -0.149. The molecule has 0 atom stereocenters. The van der Waals surface area contributed by atoms with Gasteiger partial charge in [0.1, 0.15) is 0 Å². The molecule has 1 aliphatic rings. The van der Waals surface area contributed by atoms with Gasteiger partial charge in [-0.3, -0.25) is 14.2 Å². The van der Waals surface area contributed by atoms with Crippen molar-refractivity contribution in [3.05, 3.63) is 0 Å². The molecule has 20 heavy (non-hydrogen) atoms. The minimum Gasteiger partial charge on any atom is -0.458 e. The first-order valence-corrected chi connectivity index (χ1v) is 7.47. The van der Waals surface area contributed by atoms with Crippen molar-refractivity contribution in [2.45, 2.75) is 18.1 Å². The van der Waals surface area contributed by atoms with Gasteiger partial charge in [-0.2, -0.15) is 17.2 Å². The average molecular weight is 317 g/mol. The predicted molar refractivity (Wildman–Crippen MR) is 63.9 cm³/mol. The van der Waals surface area contributed by atoms with Crippen molar-refractivity contribution in [1.29, 1.82) is 0 Å². The number of rotatable bonds is 7. The van der Waals surface area contributed by atoms with Gasteiger partial charge < -0.3 is 9.47 Å². The largest absolute Gasteiger partial charge is 0.458 e. The number of hydrogen-bond donors (Lipinski definition) is 1. The van der Waals surface area contributed by atoms with Crippen LogP contribution >= 0.6 is 0 Å². The van der Waals surface area contributed by atoms with E-state index in [2.05, 4.69) is 9.64 Å². The minimum absolute atomic E-state index is 0.0983. The van der Waals surface area contributed by atoms with Crippen LogP contribution in [0.4, 0.5) is 8.78 Å². The molecule has 1 heterocycles. The fourth-order valence-electron chi connectivity index (χ4n) is 1.58. The van der Waals surface area contributed by atoms with Crippen LogP contribution in [0.5, 0.6) is 0 Å². The van der Waals surface area contributed by atoms with Gasteiger partial charge in [0.2, 0.25) is 0 Å². The summed E-state index contributed by atoms with van der Waals surface area (Å²) in [6.45, 7) is 1.65. The highest BCUT2D eigenvalue weighted by Gasteiger charge is 2.45. The van der Waals surface area contributed by atoms with Crippen LogP contribution in [0, 0.1) is 0 Å². The van der Waals surface area contributed by atoms with Crippen LogP contribution < -0.4 is 0 Å². The lowest BCUT2D eigenvalue weighted by Crippen LogP contribution is -2.37. The third-order valence-electron chi connectivity index (χ3n) is 2.74. The molecule has 0 bridgehead atoms. The molecule has 0 aromatic carbocycles. The Morgan fingerprint density at radius 3 is 2.50 bits per heavy atom. The van der Waals surface area contributed by atoms with Gasteiger partial charge in [-0.1, -0.05) is 0 Å². The second-order valence-electron chi connectivity index (χ2n) is 4.33. The van der Waals surface area contributed by atoms with Gasteiger partial charge in [0.25, 0.3) is 0 Å². The lowest BCUT2D eigenvalue weighted by Gasteiger charge is -2.26. The van der Waals surface area contributed by atoms with Crippen molar-refractivity contribution in [3.63, 3.8) is 0 Å². The number of ether oxygens (including phenoxy) is 2. The topological polar surface area (TPSA) is 93.1 Å². The molecule has 0 unspecified atom stereocenters. The molecule has 0 spiro atoms. The monoisotopic (exact) mass is 317 g/mol. The van der Waals surface area contributed by atoms with Crippen molar-refractivity contribution >= 4 is 16.1 Å². The smallest absolute Gasteiger partial charge is 0.402 e. The molecule has 1 rings (SSSR count). The zero-order valence-corrected chi connectivity index (χ0v) is 11.6. The number of nitrogens with zero attached hydrogens (tertiary/aromatic N) is 1. The van der Waals surface area contributed by atoms with E-state index >= 15 is 0 Å². The van der Waals surface area contributed by atoms with Crippen LogP contribution in [-0.2, 0) is 24.4 Å². The quantitative estimate of drug-likeness (QED) is 0.526. The highest BCUT2D eigenvalue weighted by molar-refractivity contribution is 7.86. The standard InChI is InChI=1S/C10H17F2NO6S/c11-10(12,20(15,16)17)8-19-9(14)2-1-3-13-4-6-18-7-5-13/h1-8H2,(H,15,16,17). The van der Waals surface area contributed by atoms with Gasteiger partial charge in [0.05, 0.1) is 13.2 Å². The maximum atomic E-state index is 12.8. The molecule has 0 aromatic heterocycles. The summed E-state index contributed by atoms with van der Waals surface area (Å²) in [7, 11) is -5.57. The second kappa shape index (κ2) is 7.25.